The number of carbonyl (C=O) groups excluding carboxylic acids is 2. The number of rotatable bonds is 7. The van der Waals surface area contributed by atoms with Crippen LogP contribution in [0.4, 0.5) is 0 Å². The van der Waals surface area contributed by atoms with Crippen LogP contribution in [0, 0.1) is 5.92 Å². The Morgan fingerprint density at radius 3 is 2.36 bits per heavy atom. The Morgan fingerprint density at radius 1 is 1.27 bits per heavy atom. The highest BCUT2D eigenvalue weighted by atomic mass is 79.9. The Hall–Kier alpha value is -1.40. The van der Waals surface area contributed by atoms with Crippen LogP contribution in [0.2, 0.25) is 0 Å². The number of benzene rings is 1. The van der Waals surface area contributed by atoms with Crippen molar-refractivity contribution in [3.63, 3.8) is 0 Å². The Balaban J connectivity index is 2.74. The van der Waals surface area contributed by atoms with E-state index in [1.165, 1.54) is 7.11 Å². The fourth-order valence-electron chi connectivity index (χ4n) is 2.01. The molecule has 1 rings (SSSR count). The van der Waals surface area contributed by atoms with E-state index in [1.54, 1.807) is 0 Å². The molecular weight excluding hydrogens is 350 g/mol. The number of halogens is 1. The van der Waals surface area contributed by atoms with Gasteiger partial charge in [-0.25, -0.2) is 4.79 Å². The van der Waals surface area contributed by atoms with Crippen LogP contribution in [0.3, 0.4) is 0 Å². The summed E-state index contributed by atoms with van der Waals surface area (Å²) in [5.41, 5.74) is 0.886. The fraction of sp³-hybridized carbons (Fsp3) is 0.500. The van der Waals surface area contributed by atoms with Gasteiger partial charge in [-0.3, -0.25) is 4.79 Å². The van der Waals surface area contributed by atoms with Crippen LogP contribution in [0.15, 0.2) is 28.7 Å². The van der Waals surface area contributed by atoms with Crippen LogP contribution in [-0.4, -0.2) is 36.2 Å². The third kappa shape index (κ3) is 6.15. The molecule has 1 amide bonds. The van der Waals surface area contributed by atoms with E-state index in [2.05, 4.69) is 21.2 Å². The predicted octanol–water partition coefficient (Wildman–Crippen LogP) is 2.06. The molecule has 0 radical (unpaired) electrons. The lowest BCUT2D eigenvalue weighted by Crippen LogP contribution is -2.47. The van der Waals surface area contributed by atoms with Gasteiger partial charge in [0, 0.05) is 10.9 Å². The molecule has 122 valence electrons. The van der Waals surface area contributed by atoms with Gasteiger partial charge in [-0.1, -0.05) is 41.9 Å². The third-order valence-corrected chi connectivity index (χ3v) is 3.68. The van der Waals surface area contributed by atoms with Crippen molar-refractivity contribution in [2.24, 2.45) is 5.92 Å². The molecule has 0 fully saturated rings. The summed E-state index contributed by atoms with van der Waals surface area (Å²) in [6.45, 7) is 3.83. The Bertz CT molecular complexity index is 501. The standard InChI is InChI=1S/C16H22BrNO4/c1-10(2)8-14(19)15(20)18-13(16(21)22-3)9-11-4-6-12(17)7-5-11/h4-7,10,13-14,19H,8-9H2,1-3H3,(H,18,20)/t13-,14-/m1/s1. The van der Waals surface area contributed by atoms with Crippen molar-refractivity contribution in [1.29, 1.82) is 0 Å². The molecule has 2 atom stereocenters. The number of nitrogens with one attached hydrogen (secondary N) is 1. The first-order valence-electron chi connectivity index (χ1n) is 7.14. The summed E-state index contributed by atoms with van der Waals surface area (Å²) in [4.78, 5) is 23.8. The molecule has 0 saturated heterocycles. The van der Waals surface area contributed by atoms with Gasteiger partial charge in [0.05, 0.1) is 7.11 Å². The third-order valence-electron chi connectivity index (χ3n) is 3.15. The normalized spacial score (nSPS) is 13.5. The lowest BCUT2D eigenvalue weighted by molar-refractivity contribution is -0.146. The van der Waals surface area contributed by atoms with Crippen molar-refractivity contribution in [3.05, 3.63) is 34.3 Å². The zero-order valence-electron chi connectivity index (χ0n) is 13.0. The highest BCUT2D eigenvalue weighted by Crippen LogP contribution is 2.13. The van der Waals surface area contributed by atoms with Gasteiger partial charge in [0.2, 0.25) is 5.91 Å². The molecule has 0 bridgehead atoms. The summed E-state index contributed by atoms with van der Waals surface area (Å²) < 4.78 is 5.66. The smallest absolute Gasteiger partial charge is 0.328 e. The molecule has 2 N–H and O–H groups in total. The van der Waals surface area contributed by atoms with E-state index in [9.17, 15) is 14.7 Å². The number of methoxy groups -OCH3 is 1. The highest BCUT2D eigenvalue weighted by molar-refractivity contribution is 9.10. The number of hydrogen-bond acceptors (Lipinski definition) is 4. The van der Waals surface area contributed by atoms with Crippen molar-refractivity contribution >= 4 is 27.8 Å². The van der Waals surface area contributed by atoms with Crippen LogP contribution in [0.25, 0.3) is 0 Å². The van der Waals surface area contributed by atoms with Crippen LogP contribution in [0.1, 0.15) is 25.8 Å². The summed E-state index contributed by atoms with van der Waals surface area (Å²) in [5, 5.41) is 12.4. The summed E-state index contributed by atoms with van der Waals surface area (Å²) in [5.74, 6) is -0.905. The maximum absolute atomic E-state index is 12.0. The van der Waals surface area contributed by atoms with Crippen LogP contribution < -0.4 is 5.32 Å². The largest absolute Gasteiger partial charge is 0.467 e. The molecule has 0 spiro atoms. The number of esters is 1. The van der Waals surface area contributed by atoms with Crippen LogP contribution in [0.5, 0.6) is 0 Å². The van der Waals surface area contributed by atoms with Gasteiger partial charge >= 0.3 is 5.97 Å². The average Bonchev–Trinajstić information content (AvgIpc) is 2.47. The van der Waals surface area contributed by atoms with E-state index in [4.69, 9.17) is 4.74 Å². The predicted molar refractivity (Wildman–Crippen MR) is 87.3 cm³/mol. The zero-order chi connectivity index (χ0) is 16.7. The molecule has 5 nitrogen and oxygen atoms in total. The Morgan fingerprint density at radius 2 is 1.86 bits per heavy atom. The molecule has 0 saturated carbocycles. The lowest BCUT2D eigenvalue weighted by Gasteiger charge is -2.19. The van der Waals surface area contributed by atoms with Gasteiger partial charge in [0.25, 0.3) is 0 Å². The van der Waals surface area contributed by atoms with E-state index in [-0.39, 0.29) is 5.92 Å². The molecule has 0 unspecified atom stereocenters. The van der Waals surface area contributed by atoms with E-state index in [0.29, 0.717) is 12.8 Å². The van der Waals surface area contributed by atoms with Crippen LogP contribution in [-0.2, 0) is 20.7 Å². The summed E-state index contributed by atoms with van der Waals surface area (Å²) in [6, 6.07) is 6.62. The quantitative estimate of drug-likeness (QED) is 0.719. The molecule has 0 heterocycles. The summed E-state index contributed by atoms with van der Waals surface area (Å²) in [7, 11) is 1.27. The molecule has 0 aliphatic carbocycles. The van der Waals surface area contributed by atoms with Gasteiger partial charge in [0.15, 0.2) is 0 Å². The number of hydrogen-bond donors (Lipinski definition) is 2. The SMILES string of the molecule is COC(=O)[C@@H](Cc1ccc(Br)cc1)NC(=O)[C@H](O)CC(C)C. The van der Waals surface area contributed by atoms with Gasteiger partial charge in [-0.05, 0) is 30.0 Å². The van der Waals surface area contributed by atoms with E-state index < -0.39 is 24.0 Å². The number of carbonyl (C=O) groups is 2. The molecule has 22 heavy (non-hydrogen) atoms. The monoisotopic (exact) mass is 371 g/mol. The average molecular weight is 372 g/mol. The Labute approximate surface area is 139 Å². The molecule has 0 aliphatic rings. The summed E-state index contributed by atoms with van der Waals surface area (Å²) >= 11 is 3.34. The minimum atomic E-state index is -1.13. The zero-order valence-corrected chi connectivity index (χ0v) is 14.6. The maximum Gasteiger partial charge on any atom is 0.328 e. The van der Waals surface area contributed by atoms with Crippen LogP contribution >= 0.6 is 15.9 Å². The molecule has 6 heteroatoms. The van der Waals surface area contributed by atoms with Gasteiger partial charge in [-0.15, -0.1) is 0 Å². The van der Waals surface area contributed by atoms with Gasteiger partial charge in [0.1, 0.15) is 12.1 Å². The number of aliphatic hydroxyl groups excluding tert-OH is 1. The van der Waals surface area contributed by atoms with Gasteiger partial charge < -0.3 is 15.2 Å². The minimum Gasteiger partial charge on any atom is -0.467 e. The topological polar surface area (TPSA) is 75.6 Å². The second kappa shape index (κ2) is 8.90. The van der Waals surface area contributed by atoms with E-state index >= 15 is 0 Å². The molecule has 0 aromatic heterocycles. The van der Waals surface area contributed by atoms with Crippen molar-refractivity contribution in [3.8, 4) is 0 Å². The van der Waals surface area contributed by atoms with E-state index in [0.717, 1.165) is 10.0 Å². The maximum atomic E-state index is 12.0. The first-order valence-corrected chi connectivity index (χ1v) is 7.93. The molecule has 1 aromatic rings. The van der Waals surface area contributed by atoms with Crippen molar-refractivity contribution in [1.82, 2.24) is 5.32 Å². The molecule has 1 aromatic carbocycles. The second-order valence-corrected chi connectivity index (χ2v) is 6.48. The number of amides is 1. The van der Waals surface area contributed by atoms with Gasteiger partial charge in [-0.2, -0.15) is 0 Å². The molecule has 0 aliphatic heterocycles. The van der Waals surface area contributed by atoms with E-state index in [1.807, 2.05) is 38.1 Å². The van der Waals surface area contributed by atoms with Crippen molar-refractivity contribution in [2.45, 2.75) is 38.8 Å². The summed E-state index contributed by atoms with van der Waals surface area (Å²) in [6.07, 6.45) is -0.477. The first-order chi connectivity index (χ1) is 10.3. The number of aliphatic hydroxyl groups is 1. The number of ether oxygens (including phenoxy) is 1. The second-order valence-electron chi connectivity index (χ2n) is 5.56. The molecular formula is C16H22BrNO4. The van der Waals surface area contributed by atoms with Crippen molar-refractivity contribution < 1.29 is 19.4 Å². The first kappa shape index (κ1) is 18.6. The lowest BCUT2D eigenvalue weighted by atomic mass is 10.0. The van der Waals surface area contributed by atoms with Crippen molar-refractivity contribution in [2.75, 3.05) is 7.11 Å². The minimum absolute atomic E-state index is 0.184. The fourth-order valence-corrected chi connectivity index (χ4v) is 2.28. The highest BCUT2D eigenvalue weighted by Gasteiger charge is 2.25. The Kier molecular flexibility index (Phi) is 7.55.